The van der Waals surface area contributed by atoms with Crippen molar-refractivity contribution in [2.24, 2.45) is 0 Å². The molecule has 1 heterocycles. The van der Waals surface area contributed by atoms with Gasteiger partial charge in [-0.1, -0.05) is 0 Å². The maximum atomic E-state index is 10.4. The third kappa shape index (κ3) is 2.55. The first-order valence-electron chi connectivity index (χ1n) is 3.55. The fourth-order valence-corrected chi connectivity index (χ4v) is 0.937. The van der Waals surface area contributed by atoms with Gasteiger partial charge in [0.25, 0.3) is 0 Å². The summed E-state index contributed by atoms with van der Waals surface area (Å²) in [6, 6.07) is 2.94. The van der Waals surface area contributed by atoms with Gasteiger partial charge in [0.15, 0.2) is 0 Å². The Labute approximate surface area is 74.4 Å². The molecule has 1 amide bonds. The Kier molecular flexibility index (Phi) is 2.59. The Morgan fingerprint density at radius 2 is 2.31 bits per heavy atom. The summed E-state index contributed by atoms with van der Waals surface area (Å²) in [5, 5.41) is 10.4. The molecule has 1 aromatic rings. The molecule has 68 valence electrons. The van der Waals surface area contributed by atoms with E-state index in [0.717, 1.165) is 0 Å². The van der Waals surface area contributed by atoms with E-state index in [4.69, 9.17) is 5.11 Å². The zero-order valence-electron chi connectivity index (χ0n) is 6.94. The highest BCUT2D eigenvalue weighted by atomic mass is 16.4. The number of aldehydes is 1. The van der Waals surface area contributed by atoms with Crippen LogP contribution in [0.25, 0.3) is 0 Å². The van der Waals surface area contributed by atoms with E-state index < -0.39 is 6.09 Å². The molecular weight excluding hydrogens is 172 g/mol. The van der Waals surface area contributed by atoms with Gasteiger partial charge in [0.05, 0.1) is 0 Å². The second-order valence-electron chi connectivity index (χ2n) is 2.48. The van der Waals surface area contributed by atoms with Gasteiger partial charge in [-0.3, -0.25) is 10.1 Å². The lowest BCUT2D eigenvalue weighted by molar-refractivity contribution is 0.112. The van der Waals surface area contributed by atoms with Gasteiger partial charge in [-0.25, -0.2) is 9.78 Å². The van der Waals surface area contributed by atoms with Crippen LogP contribution in [-0.2, 0) is 0 Å². The topological polar surface area (TPSA) is 79.3 Å². The van der Waals surface area contributed by atoms with Crippen molar-refractivity contribution >= 4 is 18.2 Å². The van der Waals surface area contributed by atoms with E-state index in [2.05, 4.69) is 10.3 Å². The SMILES string of the molecule is Cc1cc(C=O)cc(NC(=O)O)n1. The van der Waals surface area contributed by atoms with Crippen LogP contribution in [0.4, 0.5) is 10.6 Å². The lowest BCUT2D eigenvalue weighted by Gasteiger charge is -2.01. The molecule has 0 saturated heterocycles. The third-order valence-corrected chi connectivity index (χ3v) is 1.35. The Hall–Kier alpha value is -1.91. The monoisotopic (exact) mass is 180 g/mol. The smallest absolute Gasteiger partial charge is 0.410 e. The first-order chi connectivity index (χ1) is 6.11. The highest BCUT2D eigenvalue weighted by Gasteiger charge is 2.01. The van der Waals surface area contributed by atoms with E-state index in [1.165, 1.54) is 6.07 Å². The number of hydrogen-bond donors (Lipinski definition) is 2. The number of pyridine rings is 1. The summed E-state index contributed by atoms with van der Waals surface area (Å²) in [4.78, 5) is 24.5. The van der Waals surface area contributed by atoms with Gasteiger partial charge in [0.2, 0.25) is 0 Å². The molecule has 0 aliphatic carbocycles. The van der Waals surface area contributed by atoms with Crippen molar-refractivity contribution in [3.63, 3.8) is 0 Å². The van der Waals surface area contributed by atoms with Crippen molar-refractivity contribution in [1.29, 1.82) is 0 Å². The highest BCUT2D eigenvalue weighted by Crippen LogP contribution is 2.07. The average molecular weight is 180 g/mol. The summed E-state index contributed by atoms with van der Waals surface area (Å²) >= 11 is 0. The van der Waals surface area contributed by atoms with Crippen molar-refractivity contribution in [2.45, 2.75) is 6.92 Å². The molecule has 0 atom stereocenters. The second-order valence-corrected chi connectivity index (χ2v) is 2.48. The van der Waals surface area contributed by atoms with Crippen molar-refractivity contribution in [2.75, 3.05) is 5.32 Å². The van der Waals surface area contributed by atoms with E-state index in [1.807, 2.05) is 0 Å². The van der Waals surface area contributed by atoms with Crippen molar-refractivity contribution in [1.82, 2.24) is 4.98 Å². The summed E-state index contributed by atoms with van der Waals surface area (Å²) in [6.45, 7) is 1.68. The molecule has 0 unspecified atom stereocenters. The molecule has 0 saturated carbocycles. The number of amides is 1. The lowest BCUT2D eigenvalue weighted by Crippen LogP contribution is -2.09. The minimum absolute atomic E-state index is 0.162. The predicted molar refractivity (Wildman–Crippen MR) is 46.0 cm³/mol. The van der Waals surface area contributed by atoms with Crippen LogP contribution in [0.15, 0.2) is 12.1 Å². The molecule has 0 bridgehead atoms. The molecule has 0 radical (unpaired) electrons. The first-order valence-corrected chi connectivity index (χ1v) is 3.55. The molecule has 0 aliphatic heterocycles. The van der Waals surface area contributed by atoms with E-state index in [0.29, 0.717) is 17.5 Å². The third-order valence-electron chi connectivity index (χ3n) is 1.35. The van der Waals surface area contributed by atoms with Crippen molar-refractivity contribution in [3.05, 3.63) is 23.4 Å². The van der Waals surface area contributed by atoms with Gasteiger partial charge >= 0.3 is 6.09 Å². The van der Waals surface area contributed by atoms with Crippen LogP contribution in [-0.4, -0.2) is 22.5 Å². The summed E-state index contributed by atoms with van der Waals surface area (Å²) in [5.74, 6) is 0.162. The van der Waals surface area contributed by atoms with Gasteiger partial charge in [-0.15, -0.1) is 0 Å². The largest absolute Gasteiger partial charge is 0.465 e. The molecule has 0 fully saturated rings. The molecule has 5 heteroatoms. The number of nitrogens with zero attached hydrogens (tertiary/aromatic N) is 1. The number of hydrogen-bond acceptors (Lipinski definition) is 3. The maximum Gasteiger partial charge on any atom is 0.410 e. The van der Waals surface area contributed by atoms with Gasteiger partial charge in [0.1, 0.15) is 12.1 Å². The van der Waals surface area contributed by atoms with Gasteiger partial charge in [0, 0.05) is 11.3 Å². The van der Waals surface area contributed by atoms with Crippen LogP contribution in [0, 0.1) is 6.92 Å². The average Bonchev–Trinajstić information content (AvgIpc) is 2.01. The summed E-state index contributed by atoms with van der Waals surface area (Å²) in [5.41, 5.74) is 0.990. The van der Waals surface area contributed by atoms with E-state index >= 15 is 0 Å². The molecule has 1 rings (SSSR count). The maximum absolute atomic E-state index is 10.4. The van der Waals surface area contributed by atoms with Crippen LogP contribution < -0.4 is 5.32 Å². The molecule has 5 nitrogen and oxygen atoms in total. The Morgan fingerprint density at radius 3 is 2.85 bits per heavy atom. The fraction of sp³-hybridized carbons (Fsp3) is 0.125. The van der Waals surface area contributed by atoms with Gasteiger partial charge in [-0.05, 0) is 19.1 Å². The van der Waals surface area contributed by atoms with Crippen LogP contribution in [0.5, 0.6) is 0 Å². The van der Waals surface area contributed by atoms with Gasteiger partial charge in [-0.2, -0.15) is 0 Å². The van der Waals surface area contributed by atoms with E-state index in [-0.39, 0.29) is 5.82 Å². The molecular formula is C8H8N2O3. The Balaban J connectivity index is 3.01. The number of carbonyl (C=O) groups excluding carboxylic acids is 1. The van der Waals surface area contributed by atoms with E-state index in [1.54, 1.807) is 13.0 Å². The number of aryl methyl sites for hydroxylation is 1. The van der Waals surface area contributed by atoms with Crippen molar-refractivity contribution < 1.29 is 14.7 Å². The zero-order valence-corrected chi connectivity index (χ0v) is 6.94. The minimum Gasteiger partial charge on any atom is -0.465 e. The Bertz CT molecular complexity index is 349. The number of nitrogens with one attached hydrogen (secondary N) is 1. The number of anilines is 1. The number of rotatable bonds is 2. The second kappa shape index (κ2) is 3.66. The van der Waals surface area contributed by atoms with Gasteiger partial charge < -0.3 is 5.11 Å². The molecule has 0 aromatic carbocycles. The summed E-state index contributed by atoms with van der Waals surface area (Å²) < 4.78 is 0. The predicted octanol–water partition coefficient (Wildman–Crippen LogP) is 1.29. The number of carbonyl (C=O) groups is 2. The number of aromatic nitrogens is 1. The fourth-order valence-electron chi connectivity index (χ4n) is 0.937. The summed E-state index contributed by atoms with van der Waals surface area (Å²) in [7, 11) is 0. The minimum atomic E-state index is -1.20. The standard InChI is InChI=1S/C8H8N2O3/c1-5-2-6(4-11)3-7(9-5)10-8(12)13/h2-4H,1H3,(H,9,10)(H,12,13). The van der Waals surface area contributed by atoms with Crippen molar-refractivity contribution in [3.8, 4) is 0 Å². The molecule has 0 spiro atoms. The normalized spacial score (nSPS) is 9.31. The molecule has 0 aliphatic rings. The van der Waals surface area contributed by atoms with Crippen LogP contribution in [0.3, 0.4) is 0 Å². The quantitative estimate of drug-likeness (QED) is 0.672. The molecule has 1 aromatic heterocycles. The Morgan fingerprint density at radius 1 is 1.62 bits per heavy atom. The van der Waals surface area contributed by atoms with E-state index in [9.17, 15) is 9.59 Å². The lowest BCUT2D eigenvalue weighted by atomic mass is 10.2. The number of carboxylic acid groups (broad SMARTS) is 1. The molecule has 13 heavy (non-hydrogen) atoms. The van der Waals surface area contributed by atoms with Crippen LogP contribution in [0.2, 0.25) is 0 Å². The highest BCUT2D eigenvalue weighted by molar-refractivity contribution is 5.84. The van der Waals surface area contributed by atoms with Crippen LogP contribution >= 0.6 is 0 Å². The molecule has 2 N–H and O–H groups in total. The first kappa shape index (κ1) is 9.18. The zero-order chi connectivity index (χ0) is 9.84. The summed E-state index contributed by atoms with van der Waals surface area (Å²) in [6.07, 6.45) is -0.559. The van der Waals surface area contributed by atoms with Crippen LogP contribution in [0.1, 0.15) is 16.1 Å².